The molecule has 0 bridgehead atoms. The highest BCUT2D eigenvalue weighted by Gasteiger charge is 2.27. The number of para-hydroxylation sites is 1. The van der Waals surface area contributed by atoms with Gasteiger partial charge in [0.15, 0.2) is 0 Å². The Morgan fingerprint density at radius 3 is 2.67 bits per heavy atom. The zero-order valence-corrected chi connectivity index (χ0v) is 17.0. The second-order valence-corrected chi connectivity index (χ2v) is 7.80. The normalized spacial score (nSPS) is 17.0. The van der Waals surface area contributed by atoms with E-state index in [0.29, 0.717) is 13.0 Å². The Hall–Kier alpha value is -3.12. The lowest BCUT2D eigenvalue weighted by Crippen LogP contribution is -2.52. The molecule has 1 aliphatic rings. The summed E-state index contributed by atoms with van der Waals surface area (Å²) in [4.78, 5) is 28.8. The van der Waals surface area contributed by atoms with Crippen LogP contribution in [0, 0.1) is 0 Å². The molecule has 156 valence electrons. The predicted octanol–water partition coefficient (Wildman–Crippen LogP) is 2.31. The minimum Gasteiger partial charge on any atom is -0.361 e. The highest BCUT2D eigenvalue weighted by Crippen LogP contribution is 2.17. The summed E-state index contributed by atoms with van der Waals surface area (Å²) in [5, 5.41) is 10.3. The van der Waals surface area contributed by atoms with Crippen LogP contribution in [0.25, 0.3) is 10.9 Å². The third-order valence-electron chi connectivity index (χ3n) is 5.66. The van der Waals surface area contributed by atoms with E-state index >= 15 is 0 Å². The van der Waals surface area contributed by atoms with Crippen molar-refractivity contribution in [1.82, 2.24) is 20.9 Å². The van der Waals surface area contributed by atoms with Crippen molar-refractivity contribution in [3.63, 3.8) is 0 Å². The maximum Gasteiger partial charge on any atom is 0.242 e. The van der Waals surface area contributed by atoms with Crippen LogP contribution >= 0.6 is 0 Å². The molecule has 2 heterocycles. The molecule has 2 amide bonds. The van der Waals surface area contributed by atoms with Gasteiger partial charge in [0.1, 0.15) is 6.04 Å². The number of fused-ring (bicyclic) bond motifs is 1. The van der Waals surface area contributed by atoms with E-state index in [1.165, 1.54) is 10.9 Å². The number of aromatic nitrogens is 1. The van der Waals surface area contributed by atoms with Crippen LogP contribution in [0.3, 0.4) is 0 Å². The van der Waals surface area contributed by atoms with Crippen LogP contribution < -0.4 is 16.0 Å². The fraction of sp³-hybridized carbons (Fsp3) is 0.333. The van der Waals surface area contributed by atoms with Crippen molar-refractivity contribution >= 4 is 22.7 Å². The zero-order valence-electron chi connectivity index (χ0n) is 17.0. The summed E-state index contributed by atoms with van der Waals surface area (Å²) in [6.45, 7) is 1.36. The second-order valence-electron chi connectivity index (χ2n) is 7.80. The monoisotopic (exact) mass is 404 g/mol. The maximum atomic E-state index is 12.9. The molecule has 1 aromatic heterocycles. The molecule has 0 radical (unpaired) electrons. The van der Waals surface area contributed by atoms with Gasteiger partial charge >= 0.3 is 0 Å². The molecule has 1 fully saturated rings. The number of H-pyrrole nitrogens is 1. The van der Waals surface area contributed by atoms with Gasteiger partial charge < -0.3 is 20.9 Å². The van der Waals surface area contributed by atoms with Crippen LogP contribution in [-0.4, -0.2) is 42.0 Å². The highest BCUT2D eigenvalue weighted by atomic mass is 16.2. The molecule has 6 heteroatoms. The zero-order chi connectivity index (χ0) is 20.8. The minimum atomic E-state index is -0.592. The molecule has 2 aromatic carbocycles. The van der Waals surface area contributed by atoms with Gasteiger partial charge in [-0.2, -0.15) is 0 Å². The molecular formula is C24H28N4O2. The van der Waals surface area contributed by atoms with Gasteiger partial charge in [-0.05, 0) is 43.0 Å². The lowest BCUT2D eigenvalue weighted by Gasteiger charge is -2.21. The van der Waals surface area contributed by atoms with Crippen LogP contribution in [0.15, 0.2) is 60.8 Å². The number of amides is 2. The van der Waals surface area contributed by atoms with Crippen molar-refractivity contribution in [2.24, 2.45) is 0 Å². The first kappa shape index (κ1) is 20.2. The Morgan fingerprint density at radius 2 is 1.87 bits per heavy atom. The molecule has 0 saturated carbocycles. The number of hydrogen-bond acceptors (Lipinski definition) is 3. The fourth-order valence-electron chi connectivity index (χ4n) is 4.02. The second kappa shape index (κ2) is 9.59. The highest BCUT2D eigenvalue weighted by molar-refractivity contribution is 5.90. The molecule has 2 atom stereocenters. The Bertz CT molecular complexity index is 993. The average molecular weight is 405 g/mol. The van der Waals surface area contributed by atoms with E-state index in [9.17, 15) is 9.59 Å². The van der Waals surface area contributed by atoms with Crippen molar-refractivity contribution in [3.8, 4) is 0 Å². The number of carbonyl (C=O) groups excluding carboxylic acids is 2. The molecule has 4 rings (SSSR count). The van der Waals surface area contributed by atoms with Gasteiger partial charge in [0.25, 0.3) is 0 Å². The summed E-state index contributed by atoms with van der Waals surface area (Å²) in [6.07, 6.45) is 4.99. The summed E-state index contributed by atoms with van der Waals surface area (Å²) < 4.78 is 0. The van der Waals surface area contributed by atoms with Crippen LogP contribution in [0.4, 0.5) is 0 Å². The number of benzene rings is 2. The minimum absolute atomic E-state index is 0.0970. The van der Waals surface area contributed by atoms with Crippen LogP contribution in [-0.2, 0) is 22.4 Å². The van der Waals surface area contributed by atoms with Gasteiger partial charge in [-0.3, -0.25) is 9.59 Å². The first-order chi connectivity index (χ1) is 14.7. The lowest BCUT2D eigenvalue weighted by molar-refractivity contribution is -0.129. The molecule has 0 spiro atoms. The summed E-state index contributed by atoms with van der Waals surface area (Å²) >= 11 is 0. The van der Waals surface area contributed by atoms with Gasteiger partial charge in [0.05, 0.1) is 6.04 Å². The molecule has 0 aliphatic carbocycles. The first-order valence-electron chi connectivity index (χ1n) is 10.6. The van der Waals surface area contributed by atoms with Crippen molar-refractivity contribution in [2.45, 2.75) is 37.8 Å². The van der Waals surface area contributed by atoms with E-state index in [0.717, 1.165) is 36.9 Å². The van der Waals surface area contributed by atoms with Crippen LogP contribution in [0.5, 0.6) is 0 Å². The summed E-state index contributed by atoms with van der Waals surface area (Å²) in [7, 11) is 0. The molecule has 1 saturated heterocycles. The third-order valence-corrected chi connectivity index (χ3v) is 5.66. The number of nitrogens with one attached hydrogen (secondary N) is 4. The molecule has 4 N–H and O–H groups in total. The topological polar surface area (TPSA) is 86.0 Å². The standard InChI is InChI=1S/C24H28N4O2/c29-23(26-14-12-18-16-27-20-10-5-4-9-19(18)20)22(15-17-7-2-1-3-8-17)28-24(30)21-11-6-13-25-21/h1-5,7-10,16,21-22,25,27H,6,11-15H2,(H,26,29)(H,28,30)/t21-,22-/m0/s1. The van der Waals surface area contributed by atoms with Gasteiger partial charge in [-0.1, -0.05) is 48.5 Å². The molecule has 3 aromatic rings. The maximum absolute atomic E-state index is 12.9. The summed E-state index contributed by atoms with van der Waals surface area (Å²) in [6, 6.07) is 17.1. The van der Waals surface area contributed by atoms with Crippen molar-refractivity contribution < 1.29 is 9.59 Å². The largest absolute Gasteiger partial charge is 0.361 e. The van der Waals surface area contributed by atoms with E-state index < -0.39 is 6.04 Å². The number of rotatable bonds is 8. The molecule has 30 heavy (non-hydrogen) atoms. The van der Waals surface area contributed by atoms with Gasteiger partial charge in [0, 0.05) is 30.1 Å². The van der Waals surface area contributed by atoms with E-state index in [1.807, 2.05) is 54.7 Å². The first-order valence-corrected chi connectivity index (χ1v) is 10.6. The molecule has 1 aliphatic heterocycles. The Morgan fingerprint density at radius 1 is 1.07 bits per heavy atom. The quantitative estimate of drug-likeness (QED) is 0.465. The SMILES string of the molecule is O=C(N[C@@H](Cc1ccccc1)C(=O)NCCc1c[nH]c2ccccc12)[C@@H]1CCCN1. The number of aromatic amines is 1. The van der Waals surface area contributed by atoms with E-state index in [2.05, 4.69) is 27.0 Å². The summed E-state index contributed by atoms with van der Waals surface area (Å²) in [5.74, 6) is -0.245. The predicted molar refractivity (Wildman–Crippen MR) is 118 cm³/mol. The fourth-order valence-corrected chi connectivity index (χ4v) is 4.02. The van der Waals surface area contributed by atoms with Crippen molar-refractivity contribution in [3.05, 3.63) is 71.9 Å². The van der Waals surface area contributed by atoms with Crippen LogP contribution in [0.1, 0.15) is 24.0 Å². The van der Waals surface area contributed by atoms with Gasteiger partial charge in [-0.15, -0.1) is 0 Å². The van der Waals surface area contributed by atoms with E-state index in [-0.39, 0.29) is 17.9 Å². The van der Waals surface area contributed by atoms with Crippen LogP contribution in [0.2, 0.25) is 0 Å². The Balaban J connectivity index is 1.38. The summed E-state index contributed by atoms with van der Waals surface area (Å²) in [5.41, 5.74) is 3.29. The molecular weight excluding hydrogens is 376 g/mol. The average Bonchev–Trinajstić information content (AvgIpc) is 3.45. The Kier molecular flexibility index (Phi) is 6.44. The third kappa shape index (κ3) is 4.89. The number of hydrogen-bond donors (Lipinski definition) is 4. The molecule has 0 unspecified atom stereocenters. The van der Waals surface area contributed by atoms with Crippen molar-refractivity contribution in [1.29, 1.82) is 0 Å². The van der Waals surface area contributed by atoms with E-state index in [1.54, 1.807) is 0 Å². The van der Waals surface area contributed by atoms with Gasteiger partial charge in [-0.25, -0.2) is 0 Å². The number of carbonyl (C=O) groups is 2. The van der Waals surface area contributed by atoms with Crippen molar-refractivity contribution in [2.75, 3.05) is 13.1 Å². The van der Waals surface area contributed by atoms with Gasteiger partial charge in [0.2, 0.25) is 11.8 Å². The smallest absolute Gasteiger partial charge is 0.242 e. The Labute approximate surface area is 176 Å². The van der Waals surface area contributed by atoms with E-state index in [4.69, 9.17) is 0 Å². The molecule has 6 nitrogen and oxygen atoms in total. The lowest BCUT2D eigenvalue weighted by atomic mass is 10.0.